The third-order valence-electron chi connectivity index (χ3n) is 4.15. The summed E-state index contributed by atoms with van der Waals surface area (Å²) in [6.07, 6.45) is 2.02. The van der Waals surface area contributed by atoms with Gasteiger partial charge in [-0.25, -0.2) is 4.98 Å². The lowest BCUT2D eigenvalue weighted by Gasteiger charge is -2.15. The number of amides is 1. The van der Waals surface area contributed by atoms with Crippen LogP contribution in [0, 0.1) is 25.2 Å². The quantitative estimate of drug-likeness (QED) is 0.833. The van der Waals surface area contributed by atoms with E-state index in [-0.39, 0.29) is 17.4 Å². The van der Waals surface area contributed by atoms with E-state index >= 15 is 0 Å². The number of Topliss-reactive ketones (excluding diaryl/α,β-unsaturated/α-hetero) is 1. The van der Waals surface area contributed by atoms with Crippen LogP contribution in [0.15, 0.2) is 29.3 Å². The van der Waals surface area contributed by atoms with E-state index < -0.39 is 0 Å². The van der Waals surface area contributed by atoms with Crippen molar-refractivity contribution in [1.29, 1.82) is 5.26 Å². The van der Waals surface area contributed by atoms with Gasteiger partial charge in [0, 0.05) is 17.7 Å². The van der Waals surface area contributed by atoms with Crippen LogP contribution in [0.25, 0.3) is 0 Å². The van der Waals surface area contributed by atoms with Crippen molar-refractivity contribution in [3.63, 3.8) is 0 Å². The zero-order valence-electron chi connectivity index (χ0n) is 14.8. The van der Waals surface area contributed by atoms with Crippen molar-refractivity contribution in [2.75, 3.05) is 11.1 Å². The molecule has 0 radical (unpaired) electrons. The SMILES string of the molecule is Cc1cc(C)cc(NC(=O)CSc2nc3c(cc2C#N)C(=O)CCC3)c1. The molecule has 1 N–H and O–H groups in total. The molecule has 0 spiro atoms. The second kappa shape index (κ2) is 7.71. The molecule has 0 aliphatic heterocycles. The number of rotatable bonds is 4. The van der Waals surface area contributed by atoms with E-state index in [1.54, 1.807) is 6.07 Å². The maximum atomic E-state index is 12.3. The normalized spacial score (nSPS) is 13.0. The van der Waals surface area contributed by atoms with E-state index in [9.17, 15) is 14.9 Å². The molecule has 1 heterocycles. The minimum absolute atomic E-state index is 0.0411. The molecule has 132 valence electrons. The Morgan fingerprint density at radius 2 is 1.96 bits per heavy atom. The van der Waals surface area contributed by atoms with Gasteiger partial charge in [0.05, 0.1) is 17.0 Å². The highest BCUT2D eigenvalue weighted by Gasteiger charge is 2.21. The Morgan fingerprint density at radius 3 is 2.65 bits per heavy atom. The number of aryl methyl sites for hydroxylation is 3. The van der Waals surface area contributed by atoms with Gasteiger partial charge in [-0.2, -0.15) is 5.26 Å². The van der Waals surface area contributed by atoms with Crippen molar-refractivity contribution in [2.45, 2.75) is 38.1 Å². The highest BCUT2D eigenvalue weighted by Crippen LogP contribution is 2.27. The zero-order chi connectivity index (χ0) is 18.7. The van der Waals surface area contributed by atoms with E-state index in [2.05, 4.69) is 16.4 Å². The number of carbonyl (C=O) groups is 2. The fourth-order valence-corrected chi connectivity index (χ4v) is 3.86. The molecule has 0 bridgehead atoms. The summed E-state index contributed by atoms with van der Waals surface area (Å²) in [4.78, 5) is 28.7. The summed E-state index contributed by atoms with van der Waals surface area (Å²) in [6, 6.07) is 9.58. The number of carbonyl (C=O) groups excluding carboxylic acids is 2. The summed E-state index contributed by atoms with van der Waals surface area (Å²) < 4.78 is 0. The molecule has 5 nitrogen and oxygen atoms in total. The molecule has 1 aromatic carbocycles. The van der Waals surface area contributed by atoms with Gasteiger partial charge in [0.2, 0.25) is 5.91 Å². The largest absolute Gasteiger partial charge is 0.325 e. The molecule has 0 fully saturated rings. The maximum absolute atomic E-state index is 12.3. The van der Waals surface area contributed by atoms with Crippen LogP contribution in [-0.4, -0.2) is 22.4 Å². The number of aromatic nitrogens is 1. The summed E-state index contributed by atoms with van der Waals surface area (Å²) in [5, 5.41) is 12.7. The molecule has 1 aromatic heterocycles. The number of ketones is 1. The van der Waals surface area contributed by atoms with Crippen LogP contribution in [0.5, 0.6) is 0 Å². The lowest BCUT2D eigenvalue weighted by atomic mass is 9.94. The smallest absolute Gasteiger partial charge is 0.234 e. The first-order valence-corrected chi connectivity index (χ1v) is 9.43. The summed E-state index contributed by atoms with van der Waals surface area (Å²) in [5.74, 6) is 0.0420. The number of thioether (sulfide) groups is 1. The molecule has 0 saturated carbocycles. The van der Waals surface area contributed by atoms with Gasteiger partial charge in [0.1, 0.15) is 11.1 Å². The van der Waals surface area contributed by atoms with Gasteiger partial charge in [0.25, 0.3) is 0 Å². The molecule has 0 unspecified atom stereocenters. The van der Waals surface area contributed by atoms with Gasteiger partial charge in [0.15, 0.2) is 5.78 Å². The lowest BCUT2D eigenvalue weighted by molar-refractivity contribution is -0.113. The number of nitrogens with zero attached hydrogens (tertiary/aromatic N) is 2. The molecule has 3 rings (SSSR count). The number of fused-ring (bicyclic) bond motifs is 1. The molecule has 6 heteroatoms. The monoisotopic (exact) mass is 365 g/mol. The molecular formula is C20H19N3O2S. The van der Waals surface area contributed by atoms with Crippen molar-refractivity contribution in [3.8, 4) is 6.07 Å². The van der Waals surface area contributed by atoms with Crippen LogP contribution >= 0.6 is 11.8 Å². The Bertz CT molecular complexity index is 911. The van der Waals surface area contributed by atoms with E-state index in [1.165, 1.54) is 11.8 Å². The Morgan fingerprint density at radius 1 is 1.23 bits per heavy atom. The van der Waals surface area contributed by atoms with E-state index in [0.717, 1.165) is 35.3 Å². The summed E-state index contributed by atoms with van der Waals surface area (Å²) in [6.45, 7) is 3.96. The number of benzene rings is 1. The van der Waals surface area contributed by atoms with Gasteiger partial charge in [-0.1, -0.05) is 17.8 Å². The number of nitriles is 1. The van der Waals surface area contributed by atoms with Gasteiger partial charge in [-0.3, -0.25) is 9.59 Å². The average Bonchev–Trinajstić information content (AvgIpc) is 2.58. The molecular weight excluding hydrogens is 346 g/mol. The number of anilines is 1. The molecule has 0 saturated heterocycles. The second-order valence-electron chi connectivity index (χ2n) is 6.44. The third-order valence-corrected chi connectivity index (χ3v) is 5.14. The number of pyridine rings is 1. The van der Waals surface area contributed by atoms with E-state index in [4.69, 9.17) is 0 Å². The fourth-order valence-electron chi connectivity index (χ4n) is 3.08. The van der Waals surface area contributed by atoms with Crippen LogP contribution < -0.4 is 5.32 Å². The minimum Gasteiger partial charge on any atom is -0.325 e. The maximum Gasteiger partial charge on any atom is 0.234 e. The van der Waals surface area contributed by atoms with Crippen LogP contribution in [-0.2, 0) is 11.2 Å². The number of hydrogen-bond donors (Lipinski definition) is 1. The Labute approximate surface area is 156 Å². The Hall–Kier alpha value is -2.65. The first kappa shape index (κ1) is 18.2. The summed E-state index contributed by atoms with van der Waals surface area (Å²) >= 11 is 1.22. The highest BCUT2D eigenvalue weighted by atomic mass is 32.2. The van der Waals surface area contributed by atoms with Crippen LogP contribution in [0.4, 0.5) is 5.69 Å². The van der Waals surface area contributed by atoms with Gasteiger partial charge < -0.3 is 5.32 Å². The number of nitrogens with one attached hydrogen (secondary N) is 1. The fraction of sp³-hybridized carbons (Fsp3) is 0.300. The van der Waals surface area contributed by atoms with Crippen molar-refractivity contribution in [3.05, 3.63) is 52.2 Å². The Kier molecular flexibility index (Phi) is 5.38. The van der Waals surface area contributed by atoms with Crippen LogP contribution in [0.1, 0.15) is 45.6 Å². The third kappa shape index (κ3) is 4.12. The second-order valence-corrected chi connectivity index (χ2v) is 7.40. The van der Waals surface area contributed by atoms with Crippen LogP contribution in [0.3, 0.4) is 0 Å². The molecule has 1 aliphatic rings. The van der Waals surface area contributed by atoms with Gasteiger partial charge in [-0.15, -0.1) is 0 Å². The van der Waals surface area contributed by atoms with Gasteiger partial charge >= 0.3 is 0 Å². The molecule has 1 amide bonds. The molecule has 26 heavy (non-hydrogen) atoms. The highest BCUT2D eigenvalue weighted by molar-refractivity contribution is 8.00. The van der Waals surface area contributed by atoms with E-state index in [0.29, 0.717) is 22.6 Å². The first-order valence-electron chi connectivity index (χ1n) is 8.44. The zero-order valence-corrected chi connectivity index (χ0v) is 15.6. The van der Waals surface area contributed by atoms with Crippen LogP contribution in [0.2, 0.25) is 0 Å². The van der Waals surface area contributed by atoms with Gasteiger partial charge in [-0.05, 0) is 56.0 Å². The standard InChI is InChI=1S/C20H19N3O2S/c1-12-6-13(2)8-15(7-12)22-19(25)11-26-20-14(10-21)9-16-17(23-20)4-3-5-18(16)24/h6-9H,3-5,11H2,1-2H3,(H,22,25). The topological polar surface area (TPSA) is 82.8 Å². The van der Waals surface area contributed by atoms with Crippen molar-refractivity contribution in [2.24, 2.45) is 0 Å². The first-order chi connectivity index (χ1) is 12.5. The van der Waals surface area contributed by atoms with Crippen molar-refractivity contribution in [1.82, 2.24) is 4.98 Å². The molecule has 0 atom stereocenters. The van der Waals surface area contributed by atoms with E-state index in [1.807, 2.05) is 32.0 Å². The molecule has 1 aliphatic carbocycles. The Balaban J connectivity index is 1.72. The lowest BCUT2D eigenvalue weighted by Crippen LogP contribution is -2.16. The predicted molar refractivity (Wildman–Crippen MR) is 101 cm³/mol. The van der Waals surface area contributed by atoms with Crippen molar-refractivity contribution >= 4 is 29.1 Å². The summed E-state index contributed by atoms with van der Waals surface area (Å²) in [5.41, 5.74) is 4.57. The predicted octanol–water partition coefficient (Wildman–Crippen LogP) is 3.82. The minimum atomic E-state index is -0.153. The number of hydrogen-bond acceptors (Lipinski definition) is 5. The average molecular weight is 365 g/mol. The van der Waals surface area contributed by atoms with Crippen molar-refractivity contribution < 1.29 is 9.59 Å². The molecule has 2 aromatic rings. The summed E-state index contributed by atoms with van der Waals surface area (Å²) in [7, 11) is 0.